The molecule has 4 aromatic rings. The summed E-state index contributed by atoms with van der Waals surface area (Å²) in [5.41, 5.74) is 4.05. The standard InChI is InChI=1S/C23H23N7O2/c1-28-16-20(15-26-28)30-6-5-22(31)21(27-30)12-17-3-2-4-18(11-17)23-24-13-19(14-25-23)29-7-9-32-10-8-29/h2-6,11,13-16H,7-10,12H2,1H3. The van der Waals surface area contributed by atoms with Crippen molar-refractivity contribution >= 4 is 5.69 Å². The van der Waals surface area contributed by atoms with E-state index < -0.39 is 0 Å². The van der Waals surface area contributed by atoms with Gasteiger partial charge in [0.2, 0.25) is 5.43 Å². The molecule has 0 aliphatic carbocycles. The van der Waals surface area contributed by atoms with Crippen LogP contribution >= 0.6 is 0 Å². The lowest BCUT2D eigenvalue weighted by Gasteiger charge is -2.28. The second-order valence-electron chi connectivity index (χ2n) is 7.68. The van der Waals surface area contributed by atoms with Gasteiger partial charge in [0.25, 0.3) is 0 Å². The van der Waals surface area contributed by atoms with Crippen molar-refractivity contribution in [1.29, 1.82) is 0 Å². The average molecular weight is 429 g/mol. The number of morpholine rings is 1. The van der Waals surface area contributed by atoms with Gasteiger partial charge in [-0.2, -0.15) is 10.2 Å². The van der Waals surface area contributed by atoms with Crippen molar-refractivity contribution in [3.05, 3.63) is 82.8 Å². The smallest absolute Gasteiger partial charge is 0.203 e. The van der Waals surface area contributed by atoms with E-state index in [0.29, 0.717) is 17.9 Å². The largest absolute Gasteiger partial charge is 0.378 e. The number of rotatable bonds is 5. The maximum absolute atomic E-state index is 12.4. The lowest BCUT2D eigenvalue weighted by Crippen LogP contribution is -2.36. The van der Waals surface area contributed by atoms with Crippen LogP contribution in [0.1, 0.15) is 11.3 Å². The minimum atomic E-state index is -0.0957. The summed E-state index contributed by atoms with van der Waals surface area (Å²) in [4.78, 5) is 23.8. The Morgan fingerprint density at radius 2 is 1.84 bits per heavy atom. The van der Waals surface area contributed by atoms with Gasteiger partial charge < -0.3 is 9.64 Å². The van der Waals surface area contributed by atoms with E-state index in [-0.39, 0.29) is 5.43 Å². The molecule has 0 amide bonds. The fourth-order valence-corrected chi connectivity index (χ4v) is 3.71. The van der Waals surface area contributed by atoms with Gasteiger partial charge in [0.15, 0.2) is 5.82 Å². The predicted octanol–water partition coefficient (Wildman–Crippen LogP) is 1.85. The number of hydrogen-bond donors (Lipinski definition) is 0. The zero-order chi connectivity index (χ0) is 21.9. The zero-order valence-electron chi connectivity index (χ0n) is 17.8. The van der Waals surface area contributed by atoms with Gasteiger partial charge in [-0.25, -0.2) is 14.6 Å². The number of anilines is 1. The number of aromatic nitrogens is 6. The molecule has 4 heterocycles. The first kappa shape index (κ1) is 20.1. The Labute approximate surface area is 184 Å². The van der Waals surface area contributed by atoms with Gasteiger partial charge in [-0.15, -0.1) is 0 Å². The number of nitrogens with zero attached hydrogens (tertiary/aromatic N) is 7. The molecule has 1 aromatic carbocycles. The van der Waals surface area contributed by atoms with Crippen molar-refractivity contribution in [3.8, 4) is 17.1 Å². The van der Waals surface area contributed by atoms with Crippen LogP contribution in [-0.2, 0) is 18.2 Å². The highest BCUT2D eigenvalue weighted by Gasteiger charge is 2.13. The van der Waals surface area contributed by atoms with Crippen LogP contribution in [0.4, 0.5) is 5.69 Å². The summed E-state index contributed by atoms with van der Waals surface area (Å²) in [5, 5.41) is 8.69. The first-order chi connectivity index (χ1) is 15.7. The van der Waals surface area contributed by atoms with Crippen molar-refractivity contribution in [2.75, 3.05) is 31.2 Å². The maximum Gasteiger partial charge on any atom is 0.203 e. The van der Waals surface area contributed by atoms with Crippen LogP contribution < -0.4 is 10.3 Å². The Hall–Kier alpha value is -3.85. The molecule has 0 spiro atoms. The summed E-state index contributed by atoms with van der Waals surface area (Å²) >= 11 is 0. The minimum Gasteiger partial charge on any atom is -0.378 e. The van der Waals surface area contributed by atoms with Crippen LogP contribution in [0, 0.1) is 0 Å². The first-order valence-corrected chi connectivity index (χ1v) is 10.5. The molecule has 9 nitrogen and oxygen atoms in total. The van der Waals surface area contributed by atoms with E-state index in [9.17, 15) is 4.79 Å². The van der Waals surface area contributed by atoms with E-state index in [4.69, 9.17) is 4.74 Å². The van der Waals surface area contributed by atoms with Crippen molar-refractivity contribution in [2.24, 2.45) is 7.05 Å². The van der Waals surface area contributed by atoms with E-state index in [1.54, 1.807) is 21.8 Å². The van der Waals surface area contributed by atoms with Gasteiger partial charge in [0.1, 0.15) is 11.4 Å². The van der Waals surface area contributed by atoms with Crippen molar-refractivity contribution < 1.29 is 4.74 Å². The molecule has 0 bridgehead atoms. The highest BCUT2D eigenvalue weighted by molar-refractivity contribution is 5.58. The third-order valence-corrected chi connectivity index (χ3v) is 5.41. The van der Waals surface area contributed by atoms with Crippen LogP contribution in [0.2, 0.25) is 0 Å². The lowest BCUT2D eigenvalue weighted by molar-refractivity contribution is 0.122. The summed E-state index contributed by atoms with van der Waals surface area (Å²) in [6, 6.07) is 9.44. The second kappa shape index (κ2) is 8.72. The van der Waals surface area contributed by atoms with Gasteiger partial charge in [-0.05, 0) is 11.6 Å². The highest BCUT2D eigenvalue weighted by Crippen LogP contribution is 2.20. The molecular weight excluding hydrogens is 406 g/mol. The van der Waals surface area contributed by atoms with Crippen molar-refractivity contribution in [2.45, 2.75) is 6.42 Å². The topological polar surface area (TPSA) is 91.0 Å². The maximum atomic E-state index is 12.4. The van der Waals surface area contributed by atoms with Gasteiger partial charge in [-0.3, -0.25) is 9.48 Å². The van der Waals surface area contributed by atoms with E-state index >= 15 is 0 Å². The molecule has 0 saturated carbocycles. The molecule has 1 aliphatic rings. The Kier molecular flexibility index (Phi) is 5.47. The van der Waals surface area contributed by atoms with Gasteiger partial charge >= 0.3 is 0 Å². The molecule has 1 fully saturated rings. The quantitative estimate of drug-likeness (QED) is 0.478. The Bertz CT molecular complexity index is 1270. The molecule has 0 unspecified atom stereocenters. The van der Waals surface area contributed by atoms with E-state index in [0.717, 1.165) is 48.8 Å². The van der Waals surface area contributed by atoms with Gasteiger partial charge in [-0.1, -0.05) is 18.2 Å². The number of hydrogen-bond acceptors (Lipinski definition) is 7. The molecule has 9 heteroatoms. The molecule has 5 rings (SSSR count). The normalized spacial score (nSPS) is 14.0. The van der Waals surface area contributed by atoms with Gasteiger partial charge in [0, 0.05) is 44.4 Å². The molecular formula is C23H23N7O2. The molecule has 1 aliphatic heterocycles. The first-order valence-electron chi connectivity index (χ1n) is 10.5. The summed E-state index contributed by atoms with van der Waals surface area (Å²) in [6.07, 6.45) is 9.33. The van der Waals surface area contributed by atoms with Crippen LogP contribution in [-0.4, -0.2) is 55.8 Å². The fraction of sp³-hybridized carbons (Fsp3) is 0.261. The lowest BCUT2D eigenvalue weighted by atomic mass is 10.1. The summed E-state index contributed by atoms with van der Waals surface area (Å²) in [5.74, 6) is 0.651. The molecule has 0 N–H and O–H groups in total. The Balaban J connectivity index is 1.37. The van der Waals surface area contributed by atoms with Crippen molar-refractivity contribution in [1.82, 2.24) is 29.5 Å². The zero-order valence-corrected chi connectivity index (χ0v) is 17.8. The Morgan fingerprint density at radius 3 is 2.59 bits per heavy atom. The number of ether oxygens (including phenoxy) is 1. The predicted molar refractivity (Wildman–Crippen MR) is 120 cm³/mol. The van der Waals surface area contributed by atoms with Crippen LogP contribution in [0.3, 0.4) is 0 Å². The molecule has 32 heavy (non-hydrogen) atoms. The average Bonchev–Trinajstić information content (AvgIpc) is 3.28. The van der Waals surface area contributed by atoms with E-state index in [2.05, 4.69) is 25.1 Å². The highest BCUT2D eigenvalue weighted by atomic mass is 16.5. The molecule has 162 valence electrons. The van der Waals surface area contributed by atoms with Crippen LogP contribution in [0.25, 0.3) is 17.1 Å². The van der Waals surface area contributed by atoms with E-state index in [1.807, 2.05) is 49.9 Å². The molecule has 1 saturated heterocycles. The van der Waals surface area contributed by atoms with E-state index in [1.165, 1.54) is 6.07 Å². The summed E-state index contributed by atoms with van der Waals surface area (Å²) in [6.45, 7) is 3.14. The fourth-order valence-electron chi connectivity index (χ4n) is 3.71. The second-order valence-corrected chi connectivity index (χ2v) is 7.68. The monoisotopic (exact) mass is 429 g/mol. The molecule has 0 radical (unpaired) electrons. The Morgan fingerprint density at radius 1 is 1.03 bits per heavy atom. The van der Waals surface area contributed by atoms with Crippen LogP contribution in [0.5, 0.6) is 0 Å². The molecule has 3 aromatic heterocycles. The third-order valence-electron chi connectivity index (χ3n) is 5.41. The number of benzene rings is 1. The van der Waals surface area contributed by atoms with Crippen LogP contribution in [0.15, 0.2) is 66.1 Å². The molecule has 0 atom stereocenters. The van der Waals surface area contributed by atoms with Gasteiger partial charge in [0.05, 0.1) is 43.7 Å². The summed E-state index contributed by atoms with van der Waals surface area (Å²) in [7, 11) is 1.84. The SMILES string of the molecule is Cn1cc(-n2ccc(=O)c(Cc3cccc(-c4ncc(N5CCOCC5)cn4)c3)n2)cn1. The van der Waals surface area contributed by atoms with Crippen molar-refractivity contribution in [3.63, 3.8) is 0 Å². The number of aryl methyl sites for hydroxylation is 1. The minimum absolute atomic E-state index is 0.0957. The summed E-state index contributed by atoms with van der Waals surface area (Å²) < 4.78 is 8.77. The third kappa shape index (κ3) is 4.28.